The molecule has 0 spiro atoms. The van der Waals surface area contributed by atoms with Gasteiger partial charge in [-0.2, -0.15) is 5.26 Å². The average molecular weight is 371 g/mol. The van der Waals surface area contributed by atoms with Gasteiger partial charge in [-0.25, -0.2) is 0 Å². The molecular formula is C18H15BrN2O2. The highest BCUT2D eigenvalue weighted by Gasteiger charge is 2.44. The smallest absolute Gasteiger partial charge is 0.241 e. The lowest BCUT2D eigenvalue weighted by Gasteiger charge is -2.21. The average Bonchev–Trinajstić information content (AvgIpc) is 2.74. The minimum Gasteiger partial charge on any atom is -0.495 e. The predicted molar refractivity (Wildman–Crippen MR) is 92.0 cm³/mol. The Bertz CT molecular complexity index is 853. The van der Waals surface area contributed by atoms with Crippen LogP contribution in [0.15, 0.2) is 40.9 Å². The molecule has 0 saturated heterocycles. The van der Waals surface area contributed by atoms with Gasteiger partial charge in [-0.3, -0.25) is 9.69 Å². The minimum absolute atomic E-state index is 0.00244. The van der Waals surface area contributed by atoms with Crippen molar-refractivity contribution in [2.75, 3.05) is 12.0 Å². The zero-order valence-electron chi connectivity index (χ0n) is 13.1. The summed E-state index contributed by atoms with van der Waals surface area (Å²) in [7, 11) is 1.51. The van der Waals surface area contributed by atoms with E-state index in [-0.39, 0.29) is 5.91 Å². The summed E-state index contributed by atoms with van der Waals surface area (Å²) >= 11 is 3.47. The fraction of sp³-hybridized carbons (Fsp3) is 0.222. The molecule has 1 aliphatic rings. The highest BCUT2D eigenvalue weighted by molar-refractivity contribution is 9.10. The Morgan fingerprint density at radius 2 is 1.96 bits per heavy atom. The number of hydrogen-bond acceptors (Lipinski definition) is 3. The van der Waals surface area contributed by atoms with E-state index >= 15 is 0 Å². The first kappa shape index (κ1) is 15.6. The van der Waals surface area contributed by atoms with Crippen LogP contribution in [0.3, 0.4) is 0 Å². The van der Waals surface area contributed by atoms with Crippen LogP contribution in [0.1, 0.15) is 25.0 Å². The Hall–Kier alpha value is -2.32. The molecule has 0 bridgehead atoms. The van der Waals surface area contributed by atoms with Gasteiger partial charge in [0.1, 0.15) is 11.8 Å². The summed E-state index contributed by atoms with van der Waals surface area (Å²) in [6.45, 7) is 3.84. The standard InChI is InChI=1S/C18H15BrN2O2/c1-18(2)14-8-12(19)5-7-15(14)21(17(18)22)13-6-4-11(10-20)16(9-13)23-3/h4-9H,1-3H3. The van der Waals surface area contributed by atoms with Crippen LogP contribution in [0.2, 0.25) is 0 Å². The van der Waals surface area contributed by atoms with E-state index in [9.17, 15) is 4.79 Å². The van der Waals surface area contributed by atoms with Crippen LogP contribution in [0.5, 0.6) is 5.75 Å². The zero-order valence-corrected chi connectivity index (χ0v) is 14.6. The zero-order chi connectivity index (χ0) is 16.8. The third-order valence-electron chi connectivity index (χ3n) is 4.17. The highest BCUT2D eigenvalue weighted by Crippen LogP contribution is 2.46. The first-order chi connectivity index (χ1) is 10.9. The number of carbonyl (C=O) groups excluding carboxylic acids is 1. The number of benzene rings is 2. The number of nitriles is 1. The molecule has 0 fully saturated rings. The van der Waals surface area contributed by atoms with Gasteiger partial charge in [0, 0.05) is 10.5 Å². The van der Waals surface area contributed by atoms with Crippen molar-refractivity contribution >= 4 is 33.2 Å². The lowest BCUT2D eigenvalue weighted by atomic mass is 9.86. The van der Waals surface area contributed by atoms with Crippen LogP contribution < -0.4 is 9.64 Å². The number of ether oxygens (including phenoxy) is 1. The molecule has 1 heterocycles. The lowest BCUT2D eigenvalue weighted by Crippen LogP contribution is -2.33. The first-order valence-corrected chi connectivity index (χ1v) is 7.92. The topological polar surface area (TPSA) is 53.3 Å². The third-order valence-corrected chi connectivity index (χ3v) is 4.67. The summed E-state index contributed by atoms with van der Waals surface area (Å²) in [5.74, 6) is 0.457. The summed E-state index contributed by atoms with van der Waals surface area (Å²) in [6, 6.07) is 13.1. The number of hydrogen-bond donors (Lipinski definition) is 0. The second-order valence-electron chi connectivity index (χ2n) is 5.92. The Labute approximate surface area is 143 Å². The quantitative estimate of drug-likeness (QED) is 0.792. The molecule has 1 aliphatic heterocycles. The van der Waals surface area contributed by atoms with Crippen LogP contribution in [-0.4, -0.2) is 13.0 Å². The molecule has 0 aliphatic carbocycles. The Kier molecular flexibility index (Phi) is 3.65. The van der Waals surface area contributed by atoms with Crippen LogP contribution in [-0.2, 0) is 10.2 Å². The number of amides is 1. The predicted octanol–water partition coefficient (Wildman–Crippen LogP) is 4.29. The monoisotopic (exact) mass is 370 g/mol. The highest BCUT2D eigenvalue weighted by atomic mass is 79.9. The molecule has 0 saturated carbocycles. The number of nitrogens with zero attached hydrogens (tertiary/aromatic N) is 2. The number of halogens is 1. The molecule has 23 heavy (non-hydrogen) atoms. The summed E-state index contributed by atoms with van der Waals surface area (Å²) < 4.78 is 6.20. The van der Waals surface area contributed by atoms with E-state index in [0.29, 0.717) is 17.0 Å². The molecule has 0 unspecified atom stereocenters. The van der Waals surface area contributed by atoms with E-state index in [4.69, 9.17) is 10.00 Å². The van der Waals surface area contributed by atoms with Gasteiger partial charge in [0.15, 0.2) is 0 Å². The fourth-order valence-electron chi connectivity index (χ4n) is 2.88. The third kappa shape index (κ3) is 2.30. The van der Waals surface area contributed by atoms with Crippen LogP contribution in [0, 0.1) is 11.3 Å². The maximum absolute atomic E-state index is 13.0. The molecule has 1 amide bonds. The molecule has 116 valence electrons. The Morgan fingerprint density at radius 1 is 1.22 bits per heavy atom. The molecule has 3 rings (SSSR count). The van der Waals surface area contributed by atoms with Gasteiger partial charge < -0.3 is 4.74 Å². The lowest BCUT2D eigenvalue weighted by molar-refractivity contribution is -0.121. The molecule has 2 aromatic rings. The molecule has 2 aromatic carbocycles. The van der Waals surface area contributed by atoms with E-state index in [1.807, 2.05) is 32.0 Å². The summed E-state index contributed by atoms with van der Waals surface area (Å²) in [5, 5.41) is 9.11. The molecule has 0 atom stereocenters. The molecular weight excluding hydrogens is 356 g/mol. The SMILES string of the molecule is COc1cc(N2C(=O)C(C)(C)c3cc(Br)ccc32)ccc1C#N. The van der Waals surface area contributed by atoms with Crippen LogP contribution in [0.4, 0.5) is 11.4 Å². The molecule has 4 nitrogen and oxygen atoms in total. The van der Waals surface area contributed by atoms with Crippen molar-refractivity contribution < 1.29 is 9.53 Å². The van der Waals surface area contributed by atoms with Crippen LogP contribution >= 0.6 is 15.9 Å². The Morgan fingerprint density at radius 3 is 2.61 bits per heavy atom. The second kappa shape index (κ2) is 5.39. The summed E-state index contributed by atoms with van der Waals surface area (Å²) in [6.07, 6.45) is 0. The van der Waals surface area contributed by atoms with Gasteiger partial charge >= 0.3 is 0 Å². The van der Waals surface area contributed by atoms with Crippen molar-refractivity contribution in [3.8, 4) is 11.8 Å². The summed E-state index contributed by atoms with van der Waals surface area (Å²) in [4.78, 5) is 14.6. The first-order valence-electron chi connectivity index (χ1n) is 7.13. The number of carbonyl (C=O) groups is 1. The maximum atomic E-state index is 13.0. The molecule has 0 N–H and O–H groups in total. The van der Waals surface area contributed by atoms with Gasteiger partial charge in [0.05, 0.1) is 29.5 Å². The molecule has 0 aromatic heterocycles. The molecule has 5 heteroatoms. The van der Waals surface area contributed by atoms with Crippen molar-refractivity contribution in [2.45, 2.75) is 19.3 Å². The van der Waals surface area contributed by atoms with Crippen molar-refractivity contribution in [1.82, 2.24) is 0 Å². The van der Waals surface area contributed by atoms with Gasteiger partial charge in [-0.1, -0.05) is 15.9 Å². The van der Waals surface area contributed by atoms with Crippen molar-refractivity contribution in [2.24, 2.45) is 0 Å². The number of rotatable bonds is 2. The van der Waals surface area contributed by atoms with Crippen molar-refractivity contribution in [3.63, 3.8) is 0 Å². The van der Waals surface area contributed by atoms with Gasteiger partial charge in [-0.05, 0) is 49.7 Å². The second-order valence-corrected chi connectivity index (χ2v) is 6.84. The van der Waals surface area contributed by atoms with Crippen molar-refractivity contribution in [3.05, 3.63) is 52.0 Å². The maximum Gasteiger partial charge on any atom is 0.241 e. The minimum atomic E-state index is -0.611. The largest absolute Gasteiger partial charge is 0.495 e. The van der Waals surface area contributed by atoms with Crippen molar-refractivity contribution in [1.29, 1.82) is 5.26 Å². The molecule has 0 radical (unpaired) electrons. The fourth-order valence-corrected chi connectivity index (χ4v) is 3.24. The van der Waals surface area contributed by atoms with E-state index < -0.39 is 5.41 Å². The van der Waals surface area contributed by atoms with E-state index in [1.165, 1.54) is 7.11 Å². The van der Waals surface area contributed by atoms with Gasteiger partial charge in [-0.15, -0.1) is 0 Å². The van der Waals surface area contributed by atoms with Gasteiger partial charge in [0.2, 0.25) is 5.91 Å². The van der Waals surface area contributed by atoms with E-state index in [2.05, 4.69) is 22.0 Å². The van der Waals surface area contributed by atoms with E-state index in [0.717, 1.165) is 15.7 Å². The number of fused-ring (bicyclic) bond motifs is 1. The number of anilines is 2. The van der Waals surface area contributed by atoms with Gasteiger partial charge in [0.25, 0.3) is 0 Å². The van der Waals surface area contributed by atoms with E-state index in [1.54, 1.807) is 23.1 Å². The number of methoxy groups -OCH3 is 1. The Balaban J connectivity index is 2.19. The van der Waals surface area contributed by atoms with Crippen LogP contribution in [0.25, 0.3) is 0 Å². The summed E-state index contributed by atoms with van der Waals surface area (Å²) in [5.41, 5.74) is 2.36. The normalized spacial score (nSPS) is 15.3.